The molecule has 2 amide bonds. The van der Waals surface area contributed by atoms with E-state index in [9.17, 15) is 9.59 Å². The lowest BCUT2D eigenvalue weighted by atomic mass is 9.99. The number of hydrogen-bond acceptors (Lipinski definition) is 3. The molecule has 5 heteroatoms. The van der Waals surface area contributed by atoms with Crippen molar-refractivity contribution in [2.24, 2.45) is 11.7 Å². The summed E-state index contributed by atoms with van der Waals surface area (Å²) in [6, 6.07) is 6.57. The molecule has 1 aromatic rings. The molecule has 1 fully saturated rings. The quantitative estimate of drug-likeness (QED) is 0.855. The number of amides is 2. The number of rotatable bonds is 4. The van der Waals surface area contributed by atoms with E-state index < -0.39 is 5.91 Å². The van der Waals surface area contributed by atoms with Crippen LogP contribution in [-0.4, -0.2) is 43.4 Å². The highest BCUT2D eigenvalue weighted by Crippen LogP contribution is 2.13. The Morgan fingerprint density at radius 1 is 1.40 bits per heavy atom. The highest BCUT2D eigenvalue weighted by molar-refractivity contribution is 5.98. The predicted octanol–water partition coefficient (Wildman–Crippen LogP) is 0.857. The lowest BCUT2D eigenvalue weighted by Crippen LogP contribution is -2.39. The van der Waals surface area contributed by atoms with Crippen molar-refractivity contribution < 1.29 is 9.59 Å². The predicted molar refractivity (Wildman–Crippen MR) is 77.5 cm³/mol. The van der Waals surface area contributed by atoms with Gasteiger partial charge in [-0.1, -0.05) is 6.07 Å². The Morgan fingerprint density at radius 2 is 2.15 bits per heavy atom. The summed E-state index contributed by atoms with van der Waals surface area (Å²) in [4.78, 5) is 25.2. The monoisotopic (exact) mass is 275 g/mol. The van der Waals surface area contributed by atoms with Gasteiger partial charge in [-0.05, 0) is 50.0 Å². The number of nitrogens with one attached hydrogen (secondary N) is 1. The van der Waals surface area contributed by atoms with E-state index in [2.05, 4.69) is 5.32 Å². The summed E-state index contributed by atoms with van der Waals surface area (Å²) < 4.78 is 0. The fourth-order valence-corrected chi connectivity index (χ4v) is 2.58. The molecule has 1 saturated heterocycles. The molecule has 1 aromatic carbocycles. The molecule has 108 valence electrons. The second-order valence-electron chi connectivity index (χ2n) is 5.34. The van der Waals surface area contributed by atoms with Crippen LogP contribution < -0.4 is 11.1 Å². The smallest absolute Gasteiger partial charge is 0.253 e. The summed E-state index contributed by atoms with van der Waals surface area (Å²) in [7, 11) is 1.80. The molecule has 0 radical (unpaired) electrons. The first-order valence-corrected chi connectivity index (χ1v) is 6.94. The summed E-state index contributed by atoms with van der Waals surface area (Å²) >= 11 is 0. The summed E-state index contributed by atoms with van der Waals surface area (Å²) in [6.07, 6.45) is 2.30. The van der Waals surface area contributed by atoms with Gasteiger partial charge in [0, 0.05) is 24.7 Å². The normalized spacial score (nSPS) is 18.6. The maximum absolute atomic E-state index is 12.3. The number of benzene rings is 1. The van der Waals surface area contributed by atoms with Gasteiger partial charge in [0.15, 0.2) is 0 Å². The molecule has 3 N–H and O–H groups in total. The minimum absolute atomic E-state index is 0.0707. The summed E-state index contributed by atoms with van der Waals surface area (Å²) in [5, 5.41) is 3.34. The van der Waals surface area contributed by atoms with Crippen LogP contribution in [0, 0.1) is 5.92 Å². The number of piperidine rings is 1. The molecule has 0 bridgehead atoms. The number of carbonyl (C=O) groups excluding carboxylic acids is 2. The third kappa shape index (κ3) is 3.57. The van der Waals surface area contributed by atoms with Crippen LogP contribution >= 0.6 is 0 Å². The summed E-state index contributed by atoms with van der Waals surface area (Å²) in [5.41, 5.74) is 6.11. The molecule has 1 unspecified atom stereocenters. The molecule has 1 aliphatic rings. The Morgan fingerprint density at radius 3 is 2.80 bits per heavy atom. The van der Waals surface area contributed by atoms with E-state index in [1.807, 2.05) is 0 Å². The fraction of sp³-hybridized carbons (Fsp3) is 0.467. The number of primary amides is 1. The average molecular weight is 275 g/mol. The molecule has 0 aromatic heterocycles. The number of hydrogen-bond donors (Lipinski definition) is 2. The van der Waals surface area contributed by atoms with Gasteiger partial charge < -0.3 is 16.0 Å². The Balaban J connectivity index is 2.02. The zero-order valence-corrected chi connectivity index (χ0v) is 11.8. The summed E-state index contributed by atoms with van der Waals surface area (Å²) in [5.74, 6) is -0.0884. The van der Waals surface area contributed by atoms with Crippen LogP contribution in [0.25, 0.3) is 0 Å². The van der Waals surface area contributed by atoms with E-state index in [4.69, 9.17) is 5.73 Å². The van der Waals surface area contributed by atoms with Gasteiger partial charge in [0.2, 0.25) is 5.91 Å². The van der Waals surface area contributed by atoms with Crippen LogP contribution in [0.1, 0.15) is 33.6 Å². The SMILES string of the molecule is CN(CC1CCCNC1)C(=O)c1cccc(C(N)=O)c1. The second kappa shape index (κ2) is 6.52. The van der Waals surface area contributed by atoms with Gasteiger partial charge in [-0.25, -0.2) is 0 Å². The molecule has 1 aliphatic heterocycles. The zero-order valence-electron chi connectivity index (χ0n) is 11.8. The van der Waals surface area contributed by atoms with Crippen molar-refractivity contribution in [1.82, 2.24) is 10.2 Å². The van der Waals surface area contributed by atoms with Crippen molar-refractivity contribution in [3.63, 3.8) is 0 Å². The topological polar surface area (TPSA) is 75.4 Å². The Labute approximate surface area is 119 Å². The van der Waals surface area contributed by atoms with Crippen molar-refractivity contribution in [1.29, 1.82) is 0 Å². The molecular formula is C15H21N3O2. The van der Waals surface area contributed by atoms with Crippen molar-refractivity contribution in [2.45, 2.75) is 12.8 Å². The number of nitrogens with zero attached hydrogens (tertiary/aromatic N) is 1. The van der Waals surface area contributed by atoms with Gasteiger partial charge in [-0.15, -0.1) is 0 Å². The first-order chi connectivity index (χ1) is 9.58. The number of nitrogens with two attached hydrogens (primary N) is 1. The minimum Gasteiger partial charge on any atom is -0.366 e. The maximum atomic E-state index is 12.3. The fourth-order valence-electron chi connectivity index (χ4n) is 2.58. The van der Waals surface area contributed by atoms with Crippen molar-refractivity contribution in [3.05, 3.63) is 35.4 Å². The molecule has 0 saturated carbocycles. The Hall–Kier alpha value is -1.88. The standard InChI is InChI=1S/C15H21N3O2/c1-18(10-11-4-3-7-17-9-11)15(20)13-6-2-5-12(8-13)14(16)19/h2,5-6,8,11,17H,3-4,7,9-10H2,1H3,(H2,16,19). The van der Waals surface area contributed by atoms with E-state index in [-0.39, 0.29) is 5.91 Å². The molecule has 2 rings (SSSR count). The Bertz CT molecular complexity index is 496. The van der Waals surface area contributed by atoms with Crippen LogP contribution in [-0.2, 0) is 0 Å². The molecule has 0 spiro atoms. The molecule has 1 heterocycles. The van der Waals surface area contributed by atoms with Gasteiger partial charge in [-0.2, -0.15) is 0 Å². The van der Waals surface area contributed by atoms with Gasteiger partial charge in [-0.3, -0.25) is 9.59 Å². The third-order valence-corrected chi connectivity index (χ3v) is 3.67. The van der Waals surface area contributed by atoms with Gasteiger partial charge in [0.25, 0.3) is 5.91 Å². The highest BCUT2D eigenvalue weighted by atomic mass is 16.2. The minimum atomic E-state index is -0.515. The molecular weight excluding hydrogens is 254 g/mol. The van der Waals surface area contributed by atoms with Crippen LogP contribution in [0.15, 0.2) is 24.3 Å². The van der Waals surface area contributed by atoms with Crippen LogP contribution in [0.4, 0.5) is 0 Å². The lowest BCUT2D eigenvalue weighted by Gasteiger charge is -2.27. The largest absolute Gasteiger partial charge is 0.366 e. The first-order valence-electron chi connectivity index (χ1n) is 6.94. The highest BCUT2D eigenvalue weighted by Gasteiger charge is 2.19. The maximum Gasteiger partial charge on any atom is 0.253 e. The molecule has 5 nitrogen and oxygen atoms in total. The van der Waals surface area contributed by atoms with E-state index in [1.165, 1.54) is 0 Å². The van der Waals surface area contributed by atoms with E-state index >= 15 is 0 Å². The van der Waals surface area contributed by atoms with E-state index in [0.29, 0.717) is 17.0 Å². The summed E-state index contributed by atoms with van der Waals surface area (Å²) in [6.45, 7) is 2.75. The van der Waals surface area contributed by atoms with Crippen LogP contribution in [0.5, 0.6) is 0 Å². The van der Waals surface area contributed by atoms with Crippen molar-refractivity contribution in [3.8, 4) is 0 Å². The molecule has 1 atom stereocenters. The zero-order chi connectivity index (χ0) is 14.5. The van der Waals surface area contributed by atoms with Gasteiger partial charge >= 0.3 is 0 Å². The van der Waals surface area contributed by atoms with Crippen molar-refractivity contribution in [2.75, 3.05) is 26.7 Å². The lowest BCUT2D eigenvalue weighted by molar-refractivity contribution is 0.0764. The average Bonchev–Trinajstić information content (AvgIpc) is 2.47. The third-order valence-electron chi connectivity index (χ3n) is 3.67. The van der Waals surface area contributed by atoms with E-state index in [1.54, 1.807) is 36.2 Å². The second-order valence-corrected chi connectivity index (χ2v) is 5.34. The number of carbonyl (C=O) groups is 2. The molecule has 20 heavy (non-hydrogen) atoms. The molecule has 0 aliphatic carbocycles. The van der Waals surface area contributed by atoms with Gasteiger partial charge in [0.1, 0.15) is 0 Å². The van der Waals surface area contributed by atoms with Crippen LogP contribution in [0.2, 0.25) is 0 Å². The first kappa shape index (κ1) is 14.5. The Kier molecular flexibility index (Phi) is 4.74. The van der Waals surface area contributed by atoms with Crippen molar-refractivity contribution >= 4 is 11.8 Å². The van der Waals surface area contributed by atoms with Gasteiger partial charge in [0.05, 0.1) is 0 Å². The van der Waals surface area contributed by atoms with E-state index in [0.717, 1.165) is 32.5 Å². The van der Waals surface area contributed by atoms with Crippen LogP contribution in [0.3, 0.4) is 0 Å².